The predicted molar refractivity (Wildman–Crippen MR) is 98.0 cm³/mol. The second-order valence-electron chi connectivity index (χ2n) is 9.58. The molecule has 174 valence electrons. The molecule has 5 nitrogen and oxygen atoms in total. The molecule has 0 spiro atoms. The monoisotopic (exact) mass is 443 g/mol. The summed E-state index contributed by atoms with van der Waals surface area (Å²) in [5, 5.41) is 0. The van der Waals surface area contributed by atoms with E-state index >= 15 is 0 Å². The van der Waals surface area contributed by atoms with Crippen molar-refractivity contribution in [3.05, 3.63) is 0 Å². The Bertz CT molecular complexity index is 651. The van der Waals surface area contributed by atoms with Gasteiger partial charge in [0, 0.05) is 0 Å². The molecule has 1 saturated carbocycles. The van der Waals surface area contributed by atoms with Gasteiger partial charge in [0.1, 0.15) is 17.4 Å². The molecule has 1 amide bonds. The van der Waals surface area contributed by atoms with E-state index < -0.39 is 47.4 Å². The molecular formula is C20H30F5NO4. The van der Waals surface area contributed by atoms with Crippen LogP contribution in [0.15, 0.2) is 0 Å². The Morgan fingerprint density at radius 3 is 2.03 bits per heavy atom. The zero-order valence-electron chi connectivity index (χ0n) is 17.9. The summed E-state index contributed by atoms with van der Waals surface area (Å²) in [5.41, 5.74) is -2.52. The summed E-state index contributed by atoms with van der Waals surface area (Å²) >= 11 is 0. The number of ether oxygens (including phenoxy) is 2. The first kappa shape index (κ1) is 24.8. The van der Waals surface area contributed by atoms with Crippen LogP contribution in [-0.2, 0) is 14.3 Å². The van der Waals surface area contributed by atoms with Crippen molar-refractivity contribution in [2.24, 2.45) is 5.92 Å². The fraction of sp³-hybridized carbons (Fsp3) is 0.900. The van der Waals surface area contributed by atoms with Gasteiger partial charge in [-0.2, -0.15) is 22.0 Å². The van der Waals surface area contributed by atoms with E-state index in [9.17, 15) is 31.5 Å². The number of nitrogens with zero attached hydrogens (tertiary/aromatic N) is 1. The maximum atomic E-state index is 13.9. The standard InChI is InChI=1S/C20H30F5NO4/c1-17(2,3)30-16(28)26-13(11-12-9-7-6-8-10-12)14(29-18(26,4)5)15(27)19(21,22)20(23,24)25/h12-14H,6-11H2,1-5H3/t13-,14+/m0/s1. The van der Waals surface area contributed by atoms with Gasteiger partial charge in [0.2, 0.25) is 5.78 Å². The molecule has 0 aromatic rings. The SMILES string of the molecule is CC(C)(C)OC(=O)N1[C@@H](CC2CCCCC2)[C@H](C(=O)C(F)(F)C(F)(F)F)OC1(C)C. The molecule has 2 aliphatic rings. The number of rotatable bonds is 4. The largest absolute Gasteiger partial charge is 0.461 e. The first-order valence-electron chi connectivity index (χ1n) is 10.2. The lowest BCUT2D eigenvalue weighted by Crippen LogP contribution is -2.54. The minimum Gasteiger partial charge on any atom is -0.444 e. The van der Waals surface area contributed by atoms with Crippen molar-refractivity contribution in [3.63, 3.8) is 0 Å². The van der Waals surface area contributed by atoms with Crippen molar-refractivity contribution in [1.29, 1.82) is 0 Å². The summed E-state index contributed by atoms with van der Waals surface area (Å²) in [4.78, 5) is 26.2. The summed E-state index contributed by atoms with van der Waals surface area (Å²) in [6.45, 7) is 7.51. The zero-order chi connectivity index (χ0) is 23.1. The molecule has 0 radical (unpaired) electrons. The summed E-state index contributed by atoms with van der Waals surface area (Å²) in [6, 6.07) is -1.28. The number of amides is 1. The third kappa shape index (κ3) is 5.23. The van der Waals surface area contributed by atoms with E-state index in [2.05, 4.69) is 0 Å². The lowest BCUT2D eigenvalue weighted by Gasteiger charge is -2.36. The Morgan fingerprint density at radius 2 is 1.57 bits per heavy atom. The predicted octanol–water partition coefficient (Wildman–Crippen LogP) is 5.46. The Kier molecular flexibility index (Phi) is 6.82. The summed E-state index contributed by atoms with van der Waals surface area (Å²) in [7, 11) is 0. The maximum Gasteiger partial charge on any atom is 0.461 e. The summed E-state index contributed by atoms with van der Waals surface area (Å²) in [6.07, 6.45) is -4.69. The Labute approximate surface area is 173 Å². The van der Waals surface area contributed by atoms with E-state index in [1.165, 1.54) is 13.8 Å². The topological polar surface area (TPSA) is 55.8 Å². The molecule has 0 unspecified atom stereocenters. The van der Waals surface area contributed by atoms with Crippen LogP contribution in [0.5, 0.6) is 0 Å². The van der Waals surface area contributed by atoms with Gasteiger partial charge in [-0.05, 0) is 47.0 Å². The van der Waals surface area contributed by atoms with E-state index in [0.29, 0.717) is 0 Å². The fourth-order valence-corrected chi connectivity index (χ4v) is 4.19. The highest BCUT2D eigenvalue weighted by Crippen LogP contribution is 2.44. The first-order chi connectivity index (χ1) is 13.5. The van der Waals surface area contributed by atoms with Crippen LogP contribution < -0.4 is 0 Å². The van der Waals surface area contributed by atoms with Crippen LogP contribution in [0, 0.1) is 5.92 Å². The average Bonchev–Trinajstić information content (AvgIpc) is 2.83. The highest BCUT2D eigenvalue weighted by Gasteiger charge is 2.68. The fourth-order valence-electron chi connectivity index (χ4n) is 4.19. The average molecular weight is 443 g/mol. The second-order valence-corrected chi connectivity index (χ2v) is 9.58. The molecule has 1 saturated heterocycles. The van der Waals surface area contributed by atoms with Gasteiger partial charge in [0.25, 0.3) is 0 Å². The molecular weight excluding hydrogens is 413 g/mol. The number of hydrogen-bond donors (Lipinski definition) is 0. The normalized spacial score (nSPS) is 26.0. The van der Waals surface area contributed by atoms with Gasteiger partial charge < -0.3 is 9.47 Å². The molecule has 30 heavy (non-hydrogen) atoms. The summed E-state index contributed by atoms with van der Waals surface area (Å²) < 4.78 is 77.1. The van der Waals surface area contributed by atoms with Crippen molar-refractivity contribution in [1.82, 2.24) is 4.90 Å². The van der Waals surface area contributed by atoms with E-state index in [1.54, 1.807) is 20.8 Å². The van der Waals surface area contributed by atoms with Crippen molar-refractivity contribution < 1.29 is 41.0 Å². The Morgan fingerprint density at radius 1 is 1.03 bits per heavy atom. The molecule has 2 atom stereocenters. The molecule has 2 rings (SSSR count). The lowest BCUT2D eigenvalue weighted by molar-refractivity contribution is -0.273. The molecule has 0 aromatic heterocycles. The molecule has 0 aromatic carbocycles. The third-order valence-corrected chi connectivity index (χ3v) is 5.49. The minimum atomic E-state index is -6.05. The van der Waals surface area contributed by atoms with Crippen LogP contribution in [0.1, 0.15) is 73.1 Å². The van der Waals surface area contributed by atoms with Crippen LogP contribution in [0.25, 0.3) is 0 Å². The van der Waals surface area contributed by atoms with Gasteiger partial charge in [0.15, 0.2) is 0 Å². The second kappa shape index (κ2) is 8.24. The van der Waals surface area contributed by atoms with Crippen LogP contribution >= 0.6 is 0 Å². The number of carbonyl (C=O) groups excluding carboxylic acids is 2. The van der Waals surface area contributed by atoms with E-state index in [-0.39, 0.29) is 12.3 Å². The number of halogens is 5. The van der Waals surface area contributed by atoms with Crippen molar-refractivity contribution >= 4 is 11.9 Å². The quantitative estimate of drug-likeness (QED) is 0.541. The number of Topliss-reactive ketones (excluding diaryl/α,β-unsaturated/α-hetero) is 1. The van der Waals surface area contributed by atoms with Gasteiger partial charge >= 0.3 is 18.2 Å². The smallest absolute Gasteiger partial charge is 0.444 e. The van der Waals surface area contributed by atoms with Crippen LogP contribution in [0.3, 0.4) is 0 Å². The first-order valence-corrected chi connectivity index (χ1v) is 10.2. The zero-order valence-corrected chi connectivity index (χ0v) is 17.9. The van der Waals surface area contributed by atoms with Gasteiger partial charge in [-0.1, -0.05) is 32.1 Å². The van der Waals surface area contributed by atoms with Gasteiger partial charge in [-0.25, -0.2) is 4.79 Å². The Balaban J connectivity index is 2.41. The van der Waals surface area contributed by atoms with Gasteiger partial charge in [0.05, 0.1) is 6.04 Å². The molecule has 1 aliphatic heterocycles. The van der Waals surface area contributed by atoms with Crippen LogP contribution in [0.2, 0.25) is 0 Å². The molecule has 0 bridgehead atoms. The number of alkyl halides is 5. The van der Waals surface area contributed by atoms with Crippen molar-refractivity contribution in [2.75, 3.05) is 0 Å². The number of hydrogen-bond acceptors (Lipinski definition) is 4. The number of carbonyl (C=O) groups is 2. The number of ketones is 1. The van der Waals surface area contributed by atoms with Crippen molar-refractivity contribution in [2.45, 2.75) is 109 Å². The van der Waals surface area contributed by atoms with E-state index in [0.717, 1.165) is 37.0 Å². The van der Waals surface area contributed by atoms with Crippen molar-refractivity contribution in [3.8, 4) is 0 Å². The third-order valence-electron chi connectivity index (χ3n) is 5.49. The highest BCUT2D eigenvalue weighted by molar-refractivity contribution is 5.92. The maximum absolute atomic E-state index is 13.9. The molecule has 1 heterocycles. The highest BCUT2D eigenvalue weighted by atomic mass is 19.4. The van der Waals surface area contributed by atoms with E-state index in [1.807, 2.05) is 0 Å². The van der Waals surface area contributed by atoms with Gasteiger partial charge in [-0.3, -0.25) is 9.69 Å². The Hall–Kier alpha value is -1.45. The molecule has 2 fully saturated rings. The molecule has 10 heteroatoms. The van der Waals surface area contributed by atoms with E-state index in [4.69, 9.17) is 9.47 Å². The molecule has 0 N–H and O–H groups in total. The lowest BCUT2D eigenvalue weighted by atomic mass is 9.82. The van der Waals surface area contributed by atoms with Crippen LogP contribution in [-0.4, -0.2) is 52.3 Å². The summed E-state index contributed by atoms with van der Waals surface area (Å²) in [5.74, 6) is -7.97. The molecule has 1 aliphatic carbocycles. The minimum absolute atomic E-state index is 0.0130. The van der Waals surface area contributed by atoms with Crippen LogP contribution in [0.4, 0.5) is 26.7 Å². The van der Waals surface area contributed by atoms with Gasteiger partial charge in [-0.15, -0.1) is 0 Å².